The summed E-state index contributed by atoms with van der Waals surface area (Å²) in [6.45, 7) is -0.489. The average molecular weight is 773 g/mol. The number of amides is 4. The number of fused-ring (bicyclic) bond motifs is 2. The molecule has 58 heavy (non-hydrogen) atoms. The van der Waals surface area contributed by atoms with E-state index in [-0.39, 0.29) is 47.2 Å². The van der Waals surface area contributed by atoms with Gasteiger partial charge in [-0.15, -0.1) is 0 Å². The molecule has 2 N–H and O–H groups in total. The summed E-state index contributed by atoms with van der Waals surface area (Å²) in [6, 6.07) is 33.6. The minimum atomic E-state index is -0.885. The fourth-order valence-electron chi connectivity index (χ4n) is 6.49. The number of esters is 2. The third kappa shape index (κ3) is 6.92. The first-order valence-corrected chi connectivity index (χ1v) is 17.6. The lowest BCUT2D eigenvalue weighted by atomic mass is 10.1. The molecule has 0 fully saturated rings. The SMILES string of the molecule is O=C(OCc1cccc(N2C(=O)c3ccccc3C2=O)c1)c1cc(N=Nc2ccc(O)c(C(=O)OCc3cccc(N4C(=O)c5ccccc5C4=O)c3)c2)ccc1O. The number of phenols is 2. The quantitative estimate of drug-likeness (QED) is 0.0788. The maximum Gasteiger partial charge on any atom is 0.342 e. The third-order valence-electron chi connectivity index (χ3n) is 9.35. The van der Waals surface area contributed by atoms with Crippen LogP contribution in [0.3, 0.4) is 0 Å². The number of rotatable bonds is 10. The van der Waals surface area contributed by atoms with Crippen molar-refractivity contribution < 1.29 is 48.5 Å². The molecule has 2 heterocycles. The van der Waals surface area contributed by atoms with Crippen LogP contribution in [0, 0.1) is 0 Å². The van der Waals surface area contributed by atoms with E-state index in [2.05, 4.69) is 10.2 Å². The molecule has 0 aromatic heterocycles. The Morgan fingerprint density at radius 1 is 0.466 bits per heavy atom. The van der Waals surface area contributed by atoms with Crippen molar-refractivity contribution in [3.8, 4) is 11.5 Å². The van der Waals surface area contributed by atoms with Crippen LogP contribution in [-0.4, -0.2) is 45.8 Å². The second-order valence-corrected chi connectivity index (χ2v) is 13.1. The van der Waals surface area contributed by atoms with Crippen LogP contribution in [0.2, 0.25) is 0 Å². The van der Waals surface area contributed by atoms with Gasteiger partial charge in [0.15, 0.2) is 0 Å². The normalized spacial score (nSPS) is 13.2. The zero-order chi connectivity index (χ0) is 40.5. The van der Waals surface area contributed by atoms with Crippen molar-refractivity contribution in [2.45, 2.75) is 13.2 Å². The maximum atomic E-state index is 13.1. The second-order valence-electron chi connectivity index (χ2n) is 13.1. The van der Waals surface area contributed by atoms with Crippen molar-refractivity contribution in [1.29, 1.82) is 0 Å². The Hall–Kier alpha value is -8.26. The number of hydrogen-bond acceptors (Lipinski definition) is 12. The summed E-state index contributed by atoms with van der Waals surface area (Å²) in [5.41, 5.74) is 2.63. The molecule has 0 bridgehead atoms. The van der Waals surface area contributed by atoms with E-state index in [4.69, 9.17) is 9.47 Å². The van der Waals surface area contributed by atoms with Gasteiger partial charge in [-0.2, -0.15) is 10.2 Å². The topological polar surface area (TPSA) is 193 Å². The van der Waals surface area contributed by atoms with Crippen molar-refractivity contribution in [1.82, 2.24) is 0 Å². The van der Waals surface area contributed by atoms with E-state index in [0.29, 0.717) is 44.8 Å². The number of imide groups is 2. The summed E-state index contributed by atoms with van der Waals surface area (Å²) in [4.78, 5) is 80.0. The van der Waals surface area contributed by atoms with Crippen molar-refractivity contribution in [2.24, 2.45) is 10.2 Å². The molecule has 0 unspecified atom stereocenters. The van der Waals surface area contributed by atoms with Gasteiger partial charge in [0.2, 0.25) is 0 Å². The fraction of sp³-hybridized carbons (Fsp3) is 0.0455. The molecule has 0 radical (unpaired) electrons. The largest absolute Gasteiger partial charge is 0.507 e. The first kappa shape index (κ1) is 36.7. The van der Waals surface area contributed by atoms with E-state index >= 15 is 0 Å². The number of aromatic hydroxyl groups is 2. The molecule has 0 saturated heterocycles. The molecule has 0 saturated carbocycles. The molecule has 2 aliphatic heterocycles. The molecule has 284 valence electrons. The van der Waals surface area contributed by atoms with Gasteiger partial charge in [0, 0.05) is 0 Å². The lowest BCUT2D eigenvalue weighted by molar-refractivity contribution is 0.0460. The molecule has 4 amide bonds. The van der Waals surface area contributed by atoms with Gasteiger partial charge < -0.3 is 19.7 Å². The maximum absolute atomic E-state index is 13.1. The van der Waals surface area contributed by atoms with Gasteiger partial charge in [0.25, 0.3) is 23.6 Å². The van der Waals surface area contributed by atoms with Crippen LogP contribution in [-0.2, 0) is 22.7 Å². The first-order chi connectivity index (χ1) is 28.1. The monoisotopic (exact) mass is 772 g/mol. The molecule has 8 rings (SSSR count). The van der Waals surface area contributed by atoms with E-state index in [1.54, 1.807) is 97.1 Å². The fourth-order valence-corrected chi connectivity index (χ4v) is 6.49. The van der Waals surface area contributed by atoms with Crippen LogP contribution in [0.25, 0.3) is 0 Å². The number of benzene rings is 6. The minimum Gasteiger partial charge on any atom is -0.507 e. The highest BCUT2D eigenvalue weighted by atomic mass is 16.5. The highest BCUT2D eigenvalue weighted by Crippen LogP contribution is 2.32. The smallest absolute Gasteiger partial charge is 0.342 e. The molecule has 0 aliphatic carbocycles. The Morgan fingerprint density at radius 3 is 1.19 bits per heavy atom. The molecule has 6 aromatic rings. The molecule has 0 spiro atoms. The van der Waals surface area contributed by atoms with E-state index in [0.717, 1.165) is 9.80 Å². The van der Waals surface area contributed by atoms with Crippen LogP contribution >= 0.6 is 0 Å². The Labute approximate surface area is 328 Å². The average Bonchev–Trinajstić information content (AvgIpc) is 3.66. The number of ether oxygens (including phenoxy) is 2. The molecule has 2 aliphatic rings. The molecule has 0 atom stereocenters. The Balaban J connectivity index is 0.904. The molecular formula is C44H28N4O10. The Morgan fingerprint density at radius 2 is 0.828 bits per heavy atom. The molecule has 14 heteroatoms. The van der Waals surface area contributed by atoms with Crippen molar-refractivity contribution >= 4 is 58.3 Å². The van der Waals surface area contributed by atoms with Crippen LogP contribution in [0.1, 0.15) is 73.3 Å². The highest BCUT2D eigenvalue weighted by Gasteiger charge is 2.37. The lowest BCUT2D eigenvalue weighted by Crippen LogP contribution is -2.29. The van der Waals surface area contributed by atoms with Crippen molar-refractivity contribution in [2.75, 3.05) is 9.80 Å². The minimum absolute atomic E-state index is 0.146. The Kier molecular flexibility index (Phi) is 9.56. The third-order valence-corrected chi connectivity index (χ3v) is 9.35. The van der Waals surface area contributed by atoms with Gasteiger partial charge >= 0.3 is 11.9 Å². The molecule has 14 nitrogen and oxygen atoms in total. The first-order valence-electron chi connectivity index (χ1n) is 17.6. The molecular weight excluding hydrogens is 745 g/mol. The number of anilines is 2. The summed E-state index contributed by atoms with van der Waals surface area (Å²) in [7, 11) is 0. The Bertz CT molecular complexity index is 2510. The van der Waals surface area contributed by atoms with Gasteiger partial charge in [0.05, 0.1) is 45.0 Å². The predicted molar refractivity (Wildman–Crippen MR) is 207 cm³/mol. The summed E-state index contributed by atoms with van der Waals surface area (Å²) in [6.07, 6.45) is 0. The summed E-state index contributed by atoms with van der Waals surface area (Å²) in [5.74, 6) is -4.38. The number of azo groups is 1. The number of phenolic OH excluding ortho intramolecular Hbond substituents is 2. The van der Waals surface area contributed by atoms with Gasteiger partial charge in [-0.1, -0.05) is 48.5 Å². The second kappa shape index (κ2) is 15.1. The standard InChI is InChI=1S/C44H28N4O10/c49-37-17-15-27(21-35(37)43(55)57-23-25-7-5-9-29(19-25)47-39(51)31-11-1-2-12-32(31)40(47)52)45-46-28-16-18-38(50)36(22-28)44(56)58-24-26-8-6-10-30(20-26)48-41(53)33-13-3-4-14-34(33)42(48)54/h1-22,49-50H,23-24H2. The van der Waals surface area contributed by atoms with E-state index in [1.165, 1.54) is 36.4 Å². The van der Waals surface area contributed by atoms with Crippen molar-refractivity contribution in [3.63, 3.8) is 0 Å². The van der Waals surface area contributed by atoms with E-state index in [1.807, 2.05) is 0 Å². The highest BCUT2D eigenvalue weighted by molar-refractivity contribution is 6.35. The zero-order valence-corrected chi connectivity index (χ0v) is 30.1. The number of hydrogen-bond donors (Lipinski definition) is 2. The number of carbonyl (C=O) groups excluding carboxylic acids is 6. The van der Waals surface area contributed by atoms with E-state index < -0.39 is 35.6 Å². The number of carbonyl (C=O) groups is 6. The summed E-state index contributed by atoms with van der Waals surface area (Å²) >= 11 is 0. The molecule has 6 aromatic carbocycles. The predicted octanol–water partition coefficient (Wildman–Crippen LogP) is 7.83. The van der Waals surface area contributed by atoms with Gasteiger partial charge in [0.1, 0.15) is 35.8 Å². The van der Waals surface area contributed by atoms with Crippen LogP contribution < -0.4 is 9.80 Å². The number of nitrogens with zero attached hydrogens (tertiary/aromatic N) is 4. The summed E-state index contributed by atoms with van der Waals surface area (Å²) < 4.78 is 10.9. The zero-order valence-electron chi connectivity index (χ0n) is 30.1. The van der Waals surface area contributed by atoms with Crippen LogP contribution in [0.4, 0.5) is 22.7 Å². The van der Waals surface area contributed by atoms with Crippen molar-refractivity contribution in [3.05, 3.63) is 178 Å². The van der Waals surface area contributed by atoms with Gasteiger partial charge in [-0.25, -0.2) is 19.4 Å². The summed E-state index contributed by atoms with van der Waals surface area (Å²) in [5, 5.41) is 29.1. The van der Waals surface area contributed by atoms with E-state index in [9.17, 15) is 39.0 Å². The van der Waals surface area contributed by atoms with Gasteiger partial charge in [-0.05, 0) is 96.1 Å². The van der Waals surface area contributed by atoms with Crippen LogP contribution in [0.15, 0.2) is 144 Å². The van der Waals surface area contributed by atoms with Gasteiger partial charge in [-0.3, -0.25) is 19.2 Å². The van der Waals surface area contributed by atoms with Crippen LogP contribution in [0.5, 0.6) is 11.5 Å². The lowest BCUT2D eigenvalue weighted by Gasteiger charge is -2.15.